The summed E-state index contributed by atoms with van der Waals surface area (Å²) in [4.78, 5) is 0. The van der Waals surface area contributed by atoms with Gasteiger partial charge in [0.2, 0.25) is 0 Å². The van der Waals surface area contributed by atoms with Gasteiger partial charge >= 0.3 is 0 Å². The maximum Gasteiger partial charge on any atom is 0.103 e. The van der Waals surface area contributed by atoms with Gasteiger partial charge in [-0.05, 0) is 12.5 Å². The van der Waals surface area contributed by atoms with Gasteiger partial charge in [0.05, 0.1) is 24.7 Å². The molecule has 1 heterocycles. The Kier molecular flexibility index (Phi) is 4.33. The molecule has 0 spiro atoms. The van der Waals surface area contributed by atoms with E-state index in [1.54, 1.807) is 7.11 Å². The van der Waals surface area contributed by atoms with Gasteiger partial charge in [0.25, 0.3) is 0 Å². The Labute approximate surface area is 112 Å². The van der Waals surface area contributed by atoms with Crippen LogP contribution in [-0.4, -0.2) is 22.1 Å². The molecule has 0 N–H and O–H groups in total. The van der Waals surface area contributed by atoms with E-state index in [0.29, 0.717) is 19.0 Å². The van der Waals surface area contributed by atoms with Gasteiger partial charge in [-0.2, -0.15) is 0 Å². The number of nitrogens with zero attached hydrogens (tertiary/aromatic N) is 3. The summed E-state index contributed by atoms with van der Waals surface area (Å²) in [5.74, 6) is 0.354. The fourth-order valence-electron chi connectivity index (χ4n) is 1.88. The van der Waals surface area contributed by atoms with E-state index in [4.69, 9.17) is 16.3 Å². The third-order valence-electron chi connectivity index (χ3n) is 2.74. The number of methoxy groups -OCH3 is 1. The molecule has 4 nitrogen and oxygen atoms in total. The summed E-state index contributed by atoms with van der Waals surface area (Å²) in [5, 5.41) is 8.21. The molecule has 2 rings (SSSR count). The quantitative estimate of drug-likeness (QED) is 0.780. The highest BCUT2D eigenvalue weighted by molar-refractivity contribution is 6.16. The van der Waals surface area contributed by atoms with Crippen molar-refractivity contribution in [2.75, 3.05) is 7.11 Å². The van der Waals surface area contributed by atoms with Crippen LogP contribution in [0.5, 0.6) is 0 Å². The third-order valence-corrected chi connectivity index (χ3v) is 2.99. The van der Waals surface area contributed by atoms with Gasteiger partial charge in [0, 0.05) is 7.11 Å². The molecule has 0 aliphatic heterocycles. The van der Waals surface area contributed by atoms with Gasteiger partial charge in [-0.15, -0.1) is 16.7 Å². The zero-order chi connectivity index (χ0) is 13.0. The number of benzene rings is 1. The number of ether oxygens (including phenoxy) is 1. The van der Waals surface area contributed by atoms with Crippen LogP contribution >= 0.6 is 11.6 Å². The molecule has 18 heavy (non-hydrogen) atoms. The topological polar surface area (TPSA) is 39.9 Å². The molecular weight excluding hydrogens is 250 g/mol. The van der Waals surface area contributed by atoms with Crippen LogP contribution in [0.1, 0.15) is 22.5 Å². The lowest BCUT2D eigenvalue weighted by atomic mass is 10.1. The van der Waals surface area contributed by atoms with Crippen molar-refractivity contribution >= 4 is 11.6 Å². The highest BCUT2D eigenvalue weighted by Gasteiger charge is 2.12. The minimum atomic E-state index is 0.354. The second-order valence-electron chi connectivity index (χ2n) is 4.20. The Hall–Kier alpha value is -1.39. The molecular formula is C13H16ClN3O. The number of aryl methyl sites for hydroxylation is 1. The fourth-order valence-corrected chi connectivity index (χ4v) is 2.09. The fraction of sp³-hybridized carbons (Fsp3) is 0.385. The summed E-state index contributed by atoms with van der Waals surface area (Å²) in [6, 6.07) is 8.33. The van der Waals surface area contributed by atoms with Crippen LogP contribution in [0.4, 0.5) is 0 Å². The average Bonchev–Trinajstić information content (AvgIpc) is 2.72. The molecule has 0 aliphatic carbocycles. The average molecular weight is 266 g/mol. The van der Waals surface area contributed by atoms with E-state index >= 15 is 0 Å². The Bertz CT molecular complexity index is 525. The highest BCUT2D eigenvalue weighted by atomic mass is 35.5. The summed E-state index contributed by atoms with van der Waals surface area (Å²) in [6.07, 6.45) is 0. The third kappa shape index (κ3) is 2.89. The minimum Gasteiger partial charge on any atom is -0.378 e. The van der Waals surface area contributed by atoms with Crippen molar-refractivity contribution in [3.05, 3.63) is 46.8 Å². The number of hydrogen-bond acceptors (Lipinski definition) is 3. The monoisotopic (exact) mass is 265 g/mol. The summed E-state index contributed by atoms with van der Waals surface area (Å²) < 4.78 is 7.01. The number of alkyl halides is 1. The molecule has 0 bridgehead atoms. The van der Waals surface area contributed by atoms with Crippen LogP contribution in [0.25, 0.3) is 0 Å². The first-order chi connectivity index (χ1) is 8.74. The first kappa shape index (κ1) is 13.1. The Morgan fingerprint density at radius 3 is 2.89 bits per heavy atom. The number of halogens is 1. The molecule has 2 aromatic rings. The van der Waals surface area contributed by atoms with Crippen molar-refractivity contribution in [1.82, 2.24) is 15.0 Å². The number of aromatic nitrogens is 3. The van der Waals surface area contributed by atoms with Gasteiger partial charge in [0.1, 0.15) is 5.69 Å². The normalized spacial score (nSPS) is 10.8. The molecule has 96 valence electrons. The highest BCUT2D eigenvalue weighted by Crippen LogP contribution is 2.12. The van der Waals surface area contributed by atoms with Gasteiger partial charge in [-0.25, -0.2) is 4.68 Å². The van der Waals surface area contributed by atoms with Crippen LogP contribution in [-0.2, 0) is 23.8 Å². The Morgan fingerprint density at radius 1 is 1.39 bits per heavy atom. The van der Waals surface area contributed by atoms with E-state index in [1.165, 1.54) is 11.1 Å². The lowest BCUT2D eigenvalue weighted by molar-refractivity contribution is 0.176. The van der Waals surface area contributed by atoms with Crippen molar-refractivity contribution in [2.45, 2.75) is 26.0 Å². The molecule has 0 amide bonds. The smallest absolute Gasteiger partial charge is 0.103 e. The lowest BCUT2D eigenvalue weighted by Crippen LogP contribution is -2.08. The Morgan fingerprint density at radius 2 is 2.22 bits per heavy atom. The van der Waals surface area contributed by atoms with Gasteiger partial charge in [-0.1, -0.05) is 35.0 Å². The van der Waals surface area contributed by atoms with Gasteiger partial charge < -0.3 is 4.74 Å². The van der Waals surface area contributed by atoms with E-state index in [2.05, 4.69) is 35.4 Å². The van der Waals surface area contributed by atoms with E-state index in [1.807, 2.05) is 10.7 Å². The first-order valence-electron chi connectivity index (χ1n) is 5.76. The van der Waals surface area contributed by atoms with Crippen molar-refractivity contribution in [1.29, 1.82) is 0 Å². The molecule has 0 aliphatic rings. The molecule has 0 saturated carbocycles. The molecule has 0 fully saturated rings. The van der Waals surface area contributed by atoms with Crippen LogP contribution in [0, 0.1) is 6.92 Å². The Balaban J connectivity index is 2.25. The van der Waals surface area contributed by atoms with Crippen LogP contribution in [0.15, 0.2) is 24.3 Å². The van der Waals surface area contributed by atoms with E-state index in [0.717, 1.165) is 11.4 Å². The number of hydrogen-bond donors (Lipinski definition) is 0. The number of rotatable bonds is 5. The zero-order valence-electron chi connectivity index (χ0n) is 10.6. The van der Waals surface area contributed by atoms with Crippen molar-refractivity contribution in [3.63, 3.8) is 0 Å². The summed E-state index contributed by atoms with van der Waals surface area (Å²) in [5.41, 5.74) is 4.15. The van der Waals surface area contributed by atoms with Crippen molar-refractivity contribution in [2.24, 2.45) is 0 Å². The molecule has 1 aromatic heterocycles. The predicted octanol–water partition coefficient (Wildman–Crippen LogP) is 2.52. The SMILES string of the molecule is COCc1c(CCl)nnn1Cc1cccc(C)c1. The standard InChI is InChI=1S/C13H16ClN3O/c1-10-4-3-5-11(6-10)8-17-13(9-18-2)12(7-14)15-16-17/h3-6H,7-9H2,1-2H3. The molecule has 0 radical (unpaired) electrons. The largest absolute Gasteiger partial charge is 0.378 e. The summed E-state index contributed by atoms with van der Waals surface area (Å²) in [6.45, 7) is 3.23. The second-order valence-corrected chi connectivity index (χ2v) is 4.46. The van der Waals surface area contributed by atoms with E-state index in [-0.39, 0.29) is 0 Å². The van der Waals surface area contributed by atoms with Crippen LogP contribution < -0.4 is 0 Å². The lowest BCUT2D eigenvalue weighted by Gasteiger charge is -2.07. The second kappa shape index (κ2) is 5.98. The van der Waals surface area contributed by atoms with Gasteiger partial charge in [0.15, 0.2) is 0 Å². The van der Waals surface area contributed by atoms with Crippen LogP contribution in [0.3, 0.4) is 0 Å². The maximum atomic E-state index is 5.84. The first-order valence-corrected chi connectivity index (χ1v) is 6.29. The van der Waals surface area contributed by atoms with Crippen molar-refractivity contribution in [3.8, 4) is 0 Å². The minimum absolute atomic E-state index is 0.354. The molecule has 5 heteroatoms. The predicted molar refractivity (Wildman–Crippen MR) is 70.6 cm³/mol. The maximum absolute atomic E-state index is 5.84. The molecule has 1 aromatic carbocycles. The van der Waals surface area contributed by atoms with Crippen molar-refractivity contribution < 1.29 is 4.74 Å². The molecule has 0 unspecified atom stereocenters. The van der Waals surface area contributed by atoms with Crippen LogP contribution in [0.2, 0.25) is 0 Å². The van der Waals surface area contributed by atoms with E-state index in [9.17, 15) is 0 Å². The van der Waals surface area contributed by atoms with E-state index < -0.39 is 0 Å². The zero-order valence-corrected chi connectivity index (χ0v) is 11.3. The molecule has 0 atom stereocenters. The molecule has 0 saturated heterocycles. The summed E-state index contributed by atoms with van der Waals surface area (Å²) >= 11 is 5.84. The summed E-state index contributed by atoms with van der Waals surface area (Å²) in [7, 11) is 1.65. The van der Waals surface area contributed by atoms with Gasteiger partial charge in [-0.3, -0.25) is 0 Å².